The Labute approximate surface area is 354 Å². The molecule has 0 N–H and O–H groups in total. The predicted octanol–water partition coefficient (Wildman–Crippen LogP) is 14.0. The van der Waals surface area contributed by atoms with Gasteiger partial charge in [-0.2, -0.15) is 0 Å². The summed E-state index contributed by atoms with van der Waals surface area (Å²) in [6.45, 7) is 0. The first-order chi connectivity index (χ1) is 30.2. The van der Waals surface area contributed by atoms with E-state index in [1.165, 1.54) is 21.8 Å². The van der Waals surface area contributed by atoms with E-state index in [0.717, 1.165) is 83.6 Å². The molecule has 0 radical (unpaired) electrons. The molecule has 5 aromatic heterocycles. The van der Waals surface area contributed by atoms with Crippen molar-refractivity contribution in [2.45, 2.75) is 0 Å². The Morgan fingerprint density at radius 1 is 0.246 bits per heavy atom. The van der Waals surface area contributed by atoms with Crippen LogP contribution in [0.5, 0.6) is 0 Å². The SMILES string of the molecule is c1ccc(-n2c3ccccc3c3cc(-c4cc(-c5cccc(-c6cncc(-c7cccnc7)c6)c5)cc(-c5cccc(-c6cncc(-c7cccnc7)c6)c5)c4)ccc32)cc1. The van der Waals surface area contributed by atoms with E-state index < -0.39 is 0 Å². The molecular weight excluding hydrogens is 743 g/mol. The lowest BCUT2D eigenvalue weighted by atomic mass is 9.91. The summed E-state index contributed by atoms with van der Waals surface area (Å²) >= 11 is 0. The molecule has 0 aliphatic heterocycles. The number of benzene rings is 6. The molecule has 286 valence electrons. The first-order valence-corrected chi connectivity index (χ1v) is 20.4. The number of para-hydroxylation sites is 2. The summed E-state index contributed by atoms with van der Waals surface area (Å²) in [5, 5.41) is 2.44. The van der Waals surface area contributed by atoms with Gasteiger partial charge in [-0.25, -0.2) is 0 Å². The number of pyridine rings is 4. The standard InChI is InChI=1S/C56H37N5/c1-2-16-52(17-3-1)61-55-19-5-4-18-53(55)54-31-42(20-21-56(54)61)47-27-45(38-10-6-12-40(24-38)48-29-50(36-59-34-48)43-14-8-22-57-32-43)26-46(28-47)39-11-7-13-41(25-39)49-30-51(37-60-35-49)44-15-9-23-58-33-44/h1-37H. The van der Waals surface area contributed by atoms with E-state index in [1.807, 2.05) is 49.3 Å². The summed E-state index contributed by atoms with van der Waals surface area (Å²) in [6, 6.07) is 63.2. The Balaban J connectivity index is 1.06. The summed E-state index contributed by atoms with van der Waals surface area (Å²) in [5.41, 5.74) is 18.7. The Morgan fingerprint density at radius 3 is 1.20 bits per heavy atom. The minimum absolute atomic E-state index is 1.03. The van der Waals surface area contributed by atoms with Crippen LogP contribution in [0.2, 0.25) is 0 Å². The molecule has 0 spiro atoms. The van der Waals surface area contributed by atoms with Crippen molar-refractivity contribution in [3.8, 4) is 83.6 Å². The van der Waals surface area contributed by atoms with Crippen molar-refractivity contribution < 1.29 is 0 Å². The minimum atomic E-state index is 1.03. The third-order valence-corrected chi connectivity index (χ3v) is 11.5. The maximum atomic E-state index is 4.63. The summed E-state index contributed by atoms with van der Waals surface area (Å²) in [7, 11) is 0. The molecule has 0 saturated heterocycles. The van der Waals surface area contributed by atoms with Crippen LogP contribution < -0.4 is 0 Å². The molecule has 0 saturated carbocycles. The van der Waals surface area contributed by atoms with Crippen molar-refractivity contribution in [1.29, 1.82) is 0 Å². The van der Waals surface area contributed by atoms with Gasteiger partial charge in [-0.05, 0) is 129 Å². The van der Waals surface area contributed by atoms with Crippen molar-refractivity contribution >= 4 is 21.8 Å². The molecule has 0 fully saturated rings. The van der Waals surface area contributed by atoms with Gasteiger partial charge in [0.2, 0.25) is 0 Å². The first kappa shape index (κ1) is 35.8. The molecule has 5 nitrogen and oxygen atoms in total. The van der Waals surface area contributed by atoms with E-state index in [2.05, 4.69) is 188 Å². The van der Waals surface area contributed by atoms with Gasteiger partial charge in [0, 0.05) is 99.4 Å². The lowest BCUT2D eigenvalue weighted by Gasteiger charge is -2.14. The van der Waals surface area contributed by atoms with Crippen LogP contribution in [0.1, 0.15) is 0 Å². The van der Waals surface area contributed by atoms with Gasteiger partial charge in [0.15, 0.2) is 0 Å². The summed E-state index contributed by atoms with van der Waals surface area (Å²) in [5.74, 6) is 0. The Hall–Kier alpha value is -8.28. The lowest BCUT2D eigenvalue weighted by molar-refractivity contribution is 1.18. The predicted molar refractivity (Wildman–Crippen MR) is 250 cm³/mol. The van der Waals surface area contributed by atoms with E-state index >= 15 is 0 Å². The molecule has 0 amide bonds. The fraction of sp³-hybridized carbons (Fsp3) is 0. The number of rotatable bonds is 8. The van der Waals surface area contributed by atoms with Gasteiger partial charge in [-0.3, -0.25) is 19.9 Å². The van der Waals surface area contributed by atoms with Gasteiger partial charge >= 0.3 is 0 Å². The van der Waals surface area contributed by atoms with Crippen LogP contribution in [0, 0.1) is 0 Å². The smallest absolute Gasteiger partial charge is 0.0541 e. The first-order valence-electron chi connectivity index (χ1n) is 20.4. The van der Waals surface area contributed by atoms with E-state index in [4.69, 9.17) is 0 Å². The van der Waals surface area contributed by atoms with Crippen molar-refractivity contribution in [3.05, 3.63) is 225 Å². The lowest BCUT2D eigenvalue weighted by Crippen LogP contribution is -1.93. The monoisotopic (exact) mass is 779 g/mol. The molecule has 61 heavy (non-hydrogen) atoms. The van der Waals surface area contributed by atoms with Crippen molar-refractivity contribution in [1.82, 2.24) is 24.5 Å². The molecule has 0 aliphatic carbocycles. The van der Waals surface area contributed by atoms with Gasteiger partial charge in [-0.1, -0.05) is 91.0 Å². The highest BCUT2D eigenvalue weighted by Crippen LogP contribution is 2.39. The largest absolute Gasteiger partial charge is 0.309 e. The molecule has 0 bridgehead atoms. The zero-order chi connectivity index (χ0) is 40.5. The Bertz CT molecular complexity index is 3210. The summed E-state index contributed by atoms with van der Waals surface area (Å²) in [4.78, 5) is 17.9. The Kier molecular flexibility index (Phi) is 9.10. The van der Waals surface area contributed by atoms with Crippen molar-refractivity contribution in [2.75, 3.05) is 0 Å². The third-order valence-electron chi connectivity index (χ3n) is 11.5. The fourth-order valence-electron chi connectivity index (χ4n) is 8.47. The molecule has 0 aliphatic rings. The van der Waals surface area contributed by atoms with Gasteiger partial charge in [0.25, 0.3) is 0 Å². The number of hydrogen-bond acceptors (Lipinski definition) is 4. The van der Waals surface area contributed by atoms with Gasteiger partial charge < -0.3 is 4.57 Å². The molecule has 11 aromatic rings. The van der Waals surface area contributed by atoms with E-state index in [1.54, 1.807) is 12.4 Å². The number of nitrogens with zero attached hydrogens (tertiary/aromatic N) is 5. The third kappa shape index (κ3) is 6.94. The highest BCUT2D eigenvalue weighted by Gasteiger charge is 2.15. The molecular formula is C56H37N5. The van der Waals surface area contributed by atoms with Crippen LogP contribution in [0.3, 0.4) is 0 Å². The summed E-state index contributed by atoms with van der Waals surface area (Å²) < 4.78 is 2.36. The second-order valence-corrected chi connectivity index (χ2v) is 15.3. The van der Waals surface area contributed by atoms with Gasteiger partial charge in [0.1, 0.15) is 0 Å². The normalized spacial score (nSPS) is 11.3. The quantitative estimate of drug-likeness (QED) is 0.154. The topological polar surface area (TPSA) is 56.5 Å². The number of aromatic nitrogens is 5. The van der Waals surface area contributed by atoms with Gasteiger partial charge in [-0.15, -0.1) is 0 Å². The molecule has 0 unspecified atom stereocenters. The van der Waals surface area contributed by atoms with Crippen LogP contribution in [0.25, 0.3) is 105 Å². The highest BCUT2D eigenvalue weighted by molar-refractivity contribution is 6.10. The molecule has 0 atom stereocenters. The molecule has 5 heterocycles. The summed E-state index contributed by atoms with van der Waals surface area (Å²) in [6.07, 6.45) is 15.0. The van der Waals surface area contributed by atoms with Crippen molar-refractivity contribution in [3.63, 3.8) is 0 Å². The van der Waals surface area contributed by atoms with E-state index in [-0.39, 0.29) is 0 Å². The van der Waals surface area contributed by atoms with Crippen LogP contribution in [-0.2, 0) is 0 Å². The minimum Gasteiger partial charge on any atom is -0.309 e. The Morgan fingerprint density at radius 2 is 0.656 bits per heavy atom. The zero-order valence-corrected chi connectivity index (χ0v) is 33.1. The van der Waals surface area contributed by atoms with Crippen LogP contribution in [0.4, 0.5) is 0 Å². The zero-order valence-electron chi connectivity index (χ0n) is 33.1. The van der Waals surface area contributed by atoms with Gasteiger partial charge in [0.05, 0.1) is 11.0 Å². The van der Waals surface area contributed by atoms with Crippen molar-refractivity contribution in [2.24, 2.45) is 0 Å². The average molecular weight is 780 g/mol. The molecule has 5 heteroatoms. The van der Waals surface area contributed by atoms with Crippen LogP contribution >= 0.6 is 0 Å². The highest BCUT2D eigenvalue weighted by atomic mass is 15.0. The van der Waals surface area contributed by atoms with E-state index in [9.17, 15) is 0 Å². The second kappa shape index (κ2) is 15.5. The molecule has 11 rings (SSSR count). The number of fused-ring (bicyclic) bond motifs is 3. The number of hydrogen-bond donors (Lipinski definition) is 0. The average Bonchev–Trinajstić information content (AvgIpc) is 3.68. The maximum absolute atomic E-state index is 4.63. The fourth-order valence-corrected chi connectivity index (χ4v) is 8.47. The van der Waals surface area contributed by atoms with Crippen LogP contribution in [0.15, 0.2) is 225 Å². The second-order valence-electron chi connectivity index (χ2n) is 15.3. The van der Waals surface area contributed by atoms with E-state index in [0.29, 0.717) is 0 Å². The molecule has 6 aromatic carbocycles. The van der Waals surface area contributed by atoms with Crippen LogP contribution in [-0.4, -0.2) is 24.5 Å². The maximum Gasteiger partial charge on any atom is 0.0541 e.